The molecule has 2 saturated carbocycles. The molecule has 0 spiro atoms. The lowest BCUT2D eigenvalue weighted by Gasteiger charge is -2.19. The lowest BCUT2D eigenvalue weighted by molar-refractivity contribution is -0.385. The molecule has 0 saturated heterocycles. The number of carbonyl (C=O) groups excluding carboxylic acids is 1. The van der Waals surface area contributed by atoms with Crippen LogP contribution in [0.4, 0.5) is 5.69 Å². The van der Waals surface area contributed by atoms with Gasteiger partial charge in [0.05, 0.1) is 17.0 Å². The van der Waals surface area contributed by atoms with E-state index in [9.17, 15) is 14.9 Å². The van der Waals surface area contributed by atoms with Crippen molar-refractivity contribution in [1.29, 1.82) is 0 Å². The lowest BCUT2D eigenvalue weighted by atomic mass is 10.1. The Morgan fingerprint density at radius 2 is 2.04 bits per heavy atom. The molecule has 1 amide bonds. The van der Waals surface area contributed by atoms with E-state index in [4.69, 9.17) is 4.42 Å². The van der Waals surface area contributed by atoms with Gasteiger partial charge in [0.25, 0.3) is 5.69 Å². The molecule has 4 rings (SSSR count). The molecule has 0 radical (unpaired) electrons. The van der Waals surface area contributed by atoms with Crippen LogP contribution in [0, 0.1) is 16.0 Å². The zero-order valence-electron chi connectivity index (χ0n) is 15.2. The van der Waals surface area contributed by atoms with Crippen molar-refractivity contribution >= 4 is 17.7 Å². The average Bonchev–Trinajstić information content (AvgIpc) is 3.58. The van der Waals surface area contributed by atoms with E-state index in [2.05, 4.69) is 6.92 Å². The van der Waals surface area contributed by atoms with Crippen LogP contribution in [0.1, 0.15) is 49.2 Å². The summed E-state index contributed by atoms with van der Waals surface area (Å²) < 4.78 is 5.94. The number of hydrogen-bond donors (Lipinski definition) is 0. The number of nitro groups is 1. The van der Waals surface area contributed by atoms with Crippen molar-refractivity contribution in [2.75, 3.05) is 0 Å². The standard InChI is InChI=1S/C21H22N2O4/c1-14-12-18(14)20-10-9-17(27-20)13-22(16-7-8-16)21(24)11-6-15-4-2-3-5-19(15)23(25)26/h2-6,9-11,14,16,18H,7-8,12-13H2,1H3/b11-6+. The number of nitro benzene ring substituents is 1. The molecule has 2 unspecified atom stereocenters. The van der Waals surface area contributed by atoms with Gasteiger partial charge in [-0.05, 0) is 49.5 Å². The van der Waals surface area contributed by atoms with E-state index in [0.717, 1.165) is 30.8 Å². The Bertz CT molecular complexity index is 897. The summed E-state index contributed by atoms with van der Waals surface area (Å²) >= 11 is 0. The third-order valence-electron chi connectivity index (χ3n) is 5.29. The maximum absolute atomic E-state index is 12.7. The predicted molar refractivity (Wildman–Crippen MR) is 101 cm³/mol. The molecule has 2 atom stereocenters. The van der Waals surface area contributed by atoms with Crippen LogP contribution in [0.15, 0.2) is 46.9 Å². The minimum Gasteiger partial charge on any atom is -0.464 e. The summed E-state index contributed by atoms with van der Waals surface area (Å²) in [5.74, 6) is 2.85. The zero-order valence-corrected chi connectivity index (χ0v) is 15.2. The van der Waals surface area contributed by atoms with Crippen molar-refractivity contribution in [3.63, 3.8) is 0 Å². The fourth-order valence-electron chi connectivity index (χ4n) is 3.39. The first-order valence-corrected chi connectivity index (χ1v) is 9.33. The maximum Gasteiger partial charge on any atom is 0.276 e. The van der Waals surface area contributed by atoms with E-state index in [1.54, 1.807) is 23.1 Å². The van der Waals surface area contributed by atoms with Crippen LogP contribution in [0.25, 0.3) is 6.08 Å². The third kappa shape index (κ3) is 3.94. The van der Waals surface area contributed by atoms with Crippen molar-refractivity contribution < 1.29 is 14.1 Å². The highest BCUT2D eigenvalue weighted by molar-refractivity contribution is 5.92. The molecule has 2 aliphatic rings. The third-order valence-corrected chi connectivity index (χ3v) is 5.29. The van der Waals surface area contributed by atoms with Crippen LogP contribution >= 0.6 is 0 Å². The molecular weight excluding hydrogens is 344 g/mol. The molecule has 0 aliphatic heterocycles. The van der Waals surface area contributed by atoms with Crippen molar-refractivity contribution in [1.82, 2.24) is 4.90 Å². The van der Waals surface area contributed by atoms with Gasteiger partial charge in [0.2, 0.25) is 5.91 Å². The monoisotopic (exact) mass is 366 g/mol. The van der Waals surface area contributed by atoms with E-state index in [1.807, 2.05) is 12.1 Å². The molecule has 6 heteroatoms. The Morgan fingerprint density at radius 1 is 1.30 bits per heavy atom. The topological polar surface area (TPSA) is 76.6 Å². The first-order valence-electron chi connectivity index (χ1n) is 9.33. The van der Waals surface area contributed by atoms with E-state index < -0.39 is 4.92 Å². The first-order chi connectivity index (χ1) is 13.0. The van der Waals surface area contributed by atoms with Gasteiger partial charge in [-0.3, -0.25) is 14.9 Å². The lowest BCUT2D eigenvalue weighted by Crippen LogP contribution is -2.30. The Morgan fingerprint density at radius 3 is 2.70 bits per heavy atom. The summed E-state index contributed by atoms with van der Waals surface area (Å²) in [6, 6.07) is 10.6. The highest BCUT2D eigenvalue weighted by Gasteiger charge is 2.37. The SMILES string of the molecule is CC1CC1c1ccc(CN(C(=O)/C=C/c2ccccc2[N+](=O)[O-])C2CC2)o1. The molecule has 2 fully saturated rings. The van der Waals surface area contributed by atoms with Crippen LogP contribution in [0.2, 0.25) is 0 Å². The quantitative estimate of drug-likeness (QED) is 0.410. The molecule has 0 bridgehead atoms. The fraction of sp³-hybridized carbons (Fsp3) is 0.381. The summed E-state index contributed by atoms with van der Waals surface area (Å²) in [4.78, 5) is 25.2. The van der Waals surface area contributed by atoms with Crippen LogP contribution in [-0.4, -0.2) is 21.8 Å². The van der Waals surface area contributed by atoms with Gasteiger partial charge in [-0.25, -0.2) is 0 Å². The minimum atomic E-state index is -0.438. The second-order valence-corrected chi connectivity index (χ2v) is 7.47. The Balaban J connectivity index is 1.47. The van der Waals surface area contributed by atoms with E-state index in [0.29, 0.717) is 23.9 Å². The highest BCUT2D eigenvalue weighted by atomic mass is 16.6. The van der Waals surface area contributed by atoms with Crippen molar-refractivity contribution in [3.8, 4) is 0 Å². The number of carbonyl (C=O) groups is 1. The minimum absolute atomic E-state index is 0.00579. The van der Waals surface area contributed by atoms with E-state index in [1.165, 1.54) is 18.2 Å². The van der Waals surface area contributed by atoms with Gasteiger partial charge in [-0.15, -0.1) is 0 Å². The van der Waals surface area contributed by atoms with Gasteiger partial charge in [-0.1, -0.05) is 19.1 Å². The summed E-state index contributed by atoms with van der Waals surface area (Å²) in [6.45, 7) is 2.65. The molecule has 140 valence electrons. The highest BCUT2D eigenvalue weighted by Crippen LogP contribution is 2.47. The van der Waals surface area contributed by atoms with Crippen LogP contribution in [0.5, 0.6) is 0 Å². The molecule has 1 aromatic carbocycles. The second kappa shape index (κ2) is 7.02. The van der Waals surface area contributed by atoms with Gasteiger partial charge >= 0.3 is 0 Å². The largest absolute Gasteiger partial charge is 0.464 e. The normalized spacial score (nSPS) is 21.4. The van der Waals surface area contributed by atoms with Crippen molar-refractivity contribution in [2.24, 2.45) is 5.92 Å². The van der Waals surface area contributed by atoms with Gasteiger partial charge in [0, 0.05) is 24.1 Å². The second-order valence-electron chi connectivity index (χ2n) is 7.47. The molecule has 1 aromatic heterocycles. The molecule has 0 N–H and O–H groups in total. The zero-order chi connectivity index (χ0) is 19.0. The maximum atomic E-state index is 12.7. The molecule has 27 heavy (non-hydrogen) atoms. The van der Waals surface area contributed by atoms with Crippen LogP contribution < -0.4 is 0 Å². The van der Waals surface area contributed by atoms with Gasteiger partial charge < -0.3 is 9.32 Å². The van der Waals surface area contributed by atoms with Gasteiger partial charge in [0.1, 0.15) is 11.5 Å². The number of rotatable bonds is 7. The van der Waals surface area contributed by atoms with Crippen molar-refractivity contribution in [2.45, 2.75) is 44.7 Å². The van der Waals surface area contributed by atoms with Crippen molar-refractivity contribution in [3.05, 3.63) is 69.7 Å². The number of nitrogens with zero attached hydrogens (tertiary/aromatic N) is 2. The van der Waals surface area contributed by atoms with Gasteiger partial charge in [-0.2, -0.15) is 0 Å². The smallest absolute Gasteiger partial charge is 0.276 e. The summed E-state index contributed by atoms with van der Waals surface area (Å²) in [6.07, 6.45) is 6.08. The van der Waals surface area contributed by atoms with E-state index in [-0.39, 0.29) is 17.6 Å². The fourth-order valence-corrected chi connectivity index (χ4v) is 3.39. The summed E-state index contributed by atoms with van der Waals surface area (Å²) in [5, 5.41) is 11.1. The predicted octanol–water partition coefficient (Wildman–Crippen LogP) is 4.52. The Labute approximate surface area is 157 Å². The summed E-state index contributed by atoms with van der Waals surface area (Å²) in [5.41, 5.74) is 0.420. The number of amides is 1. The van der Waals surface area contributed by atoms with E-state index >= 15 is 0 Å². The first kappa shape index (κ1) is 17.5. The number of para-hydroxylation sites is 1. The average molecular weight is 366 g/mol. The Hall–Kier alpha value is -2.89. The molecule has 2 aliphatic carbocycles. The molecular formula is C21H22N2O4. The Kier molecular flexibility index (Phi) is 4.56. The van der Waals surface area contributed by atoms with Crippen LogP contribution in [0.3, 0.4) is 0 Å². The number of furan rings is 1. The van der Waals surface area contributed by atoms with Gasteiger partial charge in [0.15, 0.2) is 0 Å². The molecule has 6 nitrogen and oxygen atoms in total. The number of hydrogen-bond acceptors (Lipinski definition) is 4. The molecule has 2 aromatic rings. The van der Waals surface area contributed by atoms with Crippen LogP contribution in [-0.2, 0) is 11.3 Å². The summed E-state index contributed by atoms with van der Waals surface area (Å²) in [7, 11) is 0. The molecule has 1 heterocycles. The number of benzene rings is 1.